The highest BCUT2D eigenvalue weighted by Gasteiger charge is 2.05. The molecule has 0 aliphatic carbocycles. The Bertz CT molecular complexity index is 626. The number of amides is 2. The van der Waals surface area contributed by atoms with E-state index in [1.807, 2.05) is 62.6 Å². The average Bonchev–Trinajstić information content (AvgIpc) is 2.43. The van der Waals surface area contributed by atoms with Gasteiger partial charge in [0.05, 0.1) is 0 Å². The number of anilines is 2. The largest absolute Gasteiger partial charge is 0.323 e. The third-order valence-corrected chi connectivity index (χ3v) is 3.69. The van der Waals surface area contributed by atoms with Crippen LogP contribution in [0.5, 0.6) is 0 Å². The third kappa shape index (κ3) is 3.78. The molecule has 4 heteroatoms. The monoisotopic (exact) mass is 286 g/mol. The Morgan fingerprint density at radius 3 is 2.60 bits per heavy atom. The zero-order valence-electron chi connectivity index (χ0n) is 11.9. The topological polar surface area (TPSA) is 41.1 Å². The van der Waals surface area contributed by atoms with Crippen LogP contribution in [0, 0.1) is 13.8 Å². The minimum Gasteiger partial charge on any atom is -0.308 e. The van der Waals surface area contributed by atoms with E-state index in [9.17, 15) is 4.79 Å². The first-order valence-electron chi connectivity index (χ1n) is 6.38. The van der Waals surface area contributed by atoms with Gasteiger partial charge in [0.1, 0.15) is 0 Å². The maximum Gasteiger partial charge on any atom is 0.323 e. The molecule has 3 nitrogen and oxygen atoms in total. The van der Waals surface area contributed by atoms with E-state index in [0.29, 0.717) is 0 Å². The number of thioether (sulfide) groups is 1. The minimum atomic E-state index is -0.225. The summed E-state index contributed by atoms with van der Waals surface area (Å²) in [6.45, 7) is 3.98. The lowest BCUT2D eigenvalue weighted by Crippen LogP contribution is -2.20. The first kappa shape index (κ1) is 14.5. The molecular weight excluding hydrogens is 268 g/mol. The molecule has 0 unspecified atom stereocenters. The van der Waals surface area contributed by atoms with Crippen molar-refractivity contribution in [3.63, 3.8) is 0 Å². The Balaban J connectivity index is 2.07. The molecule has 0 fully saturated rings. The molecule has 2 aromatic carbocycles. The normalized spacial score (nSPS) is 10.2. The smallest absolute Gasteiger partial charge is 0.308 e. The molecule has 0 saturated carbocycles. The Morgan fingerprint density at radius 2 is 1.85 bits per heavy atom. The van der Waals surface area contributed by atoms with Crippen molar-refractivity contribution < 1.29 is 4.79 Å². The number of carbonyl (C=O) groups excluding carboxylic acids is 1. The molecule has 2 amide bonds. The lowest BCUT2D eigenvalue weighted by atomic mass is 10.1. The molecule has 0 radical (unpaired) electrons. The van der Waals surface area contributed by atoms with E-state index >= 15 is 0 Å². The van der Waals surface area contributed by atoms with E-state index in [2.05, 4.69) is 10.6 Å². The Morgan fingerprint density at radius 1 is 1.05 bits per heavy atom. The van der Waals surface area contributed by atoms with E-state index in [4.69, 9.17) is 0 Å². The van der Waals surface area contributed by atoms with Crippen LogP contribution in [-0.2, 0) is 0 Å². The number of urea groups is 1. The predicted molar refractivity (Wildman–Crippen MR) is 86.8 cm³/mol. The van der Waals surface area contributed by atoms with E-state index < -0.39 is 0 Å². The highest BCUT2D eigenvalue weighted by atomic mass is 32.2. The van der Waals surface area contributed by atoms with Gasteiger partial charge in [0.2, 0.25) is 0 Å². The van der Waals surface area contributed by atoms with Gasteiger partial charge in [-0.2, -0.15) is 0 Å². The summed E-state index contributed by atoms with van der Waals surface area (Å²) in [4.78, 5) is 13.1. The number of nitrogens with one attached hydrogen (secondary N) is 2. The molecule has 0 aliphatic heterocycles. The minimum absolute atomic E-state index is 0.225. The van der Waals surface area contributed by atoms with Gasteiger partial charge in [-0.3, -0.25) is 0 Å². The lowest BCUT2D eigenvalue weighted by molar-refractivity contribution is 0.262. The van der Waals surface area contributed by atoms with Gasteiger partial charge in [0.15, 0.2) is 0 Å². The van der Waals surface area contributed by atoms with Gasteiger partial charge in [-0.15, -0.1) is 11.8 Å². The molecule has 0 aliphatic rings. The van der Waals surface area contributed by atoms with Gasteiger partial charge in [-0.05, 0) is 55.5 Å². The van der Waals surface area contributed by atoms with Crippen LogP contribution in [0.25, 0.3) is 0 Å². The summed E-state index contributed by atoms with van der Waals surface area (Å²) >= 11 is 1.65. The van der Waals surface area contributed by atoms with Crippen molar-refractivity contribution in [2.24, 2.45) is 0 Å². The third-order valence-electron chi connectivity index (χ3n) is 2.97. The van der Waals surface area contributed by atoms with Crippen LogP contribution in [0.2, 0.25) is 0 Å². The zero-order valence-corrected chi connectivity index (χ0v) is 12.7. The zero-order chi connectivity index (χ0) is 14.5. The van der Waals surface area contributed by atoms with Crippen LogP contribution >= 0.6 is 11.8 Å². The molecule has 104 valence electrons. The standard InChI is InChI=1S/C16H18N2OS/c1-11-7-8-12(2)15(9-11)18-16(19)17-13-5-4-6-14(10-13)20-3/h4-10H,1-3H3,(H2,17,18,19). The van der Waals surface area contributed by atoms with Crippen molar-refractivity contribution in [3.05, 3.63) is 53.6 Å². The highest BCUT2D eigenvalue weighted by Crippen LogP contribution is 2.20. The second-order valence-corrected chi connectivity index (χ2v) is 5.51. The molecule has 2 N–H and O–H groups in total. The second-order valence-electron chi connectivity index (χ2n) is 4.63. The van der Waals surface area contributed by atoms with Gasteiger partial charge in [-0.1, -0.05) is 18.2 Å². The van der Waals surface area contributed by atoms with Crippen LogP contribution < -0.4 is 10.6 Å². The number of rotatable bonds is 3. The lowest BCUT2D eigenvalue weighted by Gasteiger charge is -2.11. The van der Waals surface area contributed by atoms with Crippen LogP contribution in [0.15, 0.2) is 47.4 Å². The van der Waals surface area contributed by atoms with Crippen LogP contribution in [0.3, 0.4) is 0 Å². The Hall–Kier alpha value is -1.94. The van der Waals surface area contributed by atoms with Crippen molar-refractivity contribution in [3.8, 4) is 0 Å². The number of carbonyl (C=O) groups is 1. The van der Waals surface area contributed by atoms with Gasteiger partial charge < -0.3 is 10.6 Å². The second kappa shape index (κ2) is 6.48. The van der Waals surface area contributed by atoms with Gasteiger partial charge in [0, 0.05) is 16.3 Å². The molecule has 0 aromatic heterocycles. The fraction of sp³-hybridized carbons (Fsp3) is 0.188. The average molecular weight is 286 g/mol. The summed E-state index contributed by atoms with van der Waals surface area (Å²) in [5, 5.41) is 5.73. The fourth-order valence-corrected chi connectivity index (χ4v) is 2.32. The quantitative estimate of drug-likeness (QED) is 0.805. The number of hydrogen-bond donors (Lipinski definition) is 2. The van der Waals surface area contributed by atoms with Crippen LogP contribution in [-0.4, -0.2) is 12.3 Å². The molecular formula is C16H18N2OS. The van der Waals surface area contributed by atoms with Crippen LogP contribution in [0.1, 0.15) is 11.1 Å². The van der Waals surface area contributed by atoms with Crippen molar-refractivity contribution >= 4 is 29.2 Å². The van der Waals surface area contributed by atoms with E-state index in [0.717, 1.165) is 27.4 Å². The molecule has 20 heavy (non-hydrogen) atoms. The molecule has 2 rings (SSSR count). The first-order valence-corrected chi connectivity index (χ1v) is 7.60. The van der Waals surface area contributed by atoms with E-state index in [-0.39, 0.29) is 6.03 Å². The first-order chi connectivity index (χ1) is 9.58. The van der Waals surface area contributed by atoms with Gasteiger partial charge >= 0.3 is 6.03 Å². The summed E-state index contributed by atoms with van der Waals surface area (Å²) in [6, 6.07) is 13.5. The molecule has 2 aromatic rings. The summed E-state index contributed by atoms with van der Waals surface area (Å²) in [6.07, 6.45) is 2.01. The summed E-state index contributed by atoms with van der Waals surface area (Å²) in [5.74, 6) is 0. The Labute approximate surface area is 123 Å². The molecule has 0 bridgehead atoms. The van der Waals surface area contributed by atoms with Crippen molar-refractivity contribution in [2.45, 2.75) is 18.7 Å². The maximum absolute atomic E-state index is 12.0. The van der Waals surface area contributed by atoms with Crippen molar-refractivity contribution in [1.82, 2.24) is 0 Å². The van der Waals surface area contributed by atoms with Gasteiger partial charge in [0.25, 0.3) is 0 Å². The molecule has 0 heterocycles. The van der Waals surface area contributed by atoms with E-state index in [1.54, 1.807) is 11.8 Å². The SMILES string of the molecule is CSc1cccc(NC(=O)Nc2cc(C)ccc2C)c1. The number of hydrogen-bond acceptors (Lipinski definition) is 2. The fourth-order valence-electron chi connectivity index (χ4n) is 1.86. The van der Waals surface area contributed by atoms with Gasteiger partial charge in [-0.25, -0.2) is 4.79 Å². The van der Waals surface area contributed by atoms with Crippen molar-refractivity contribution in [1.29, 1.82) is 0 Å². The number of aryl methyl sites for hydroxylation is 2. The molecule has 0 saturated heterocycles. The maximum atomic E-state index is 12.0. The summed E-state index contributed by atoms with van der Waals surface area (Å²) < 4.78 is 0. The van der Waals surface area contributed by atoms with Crippen LogP contribution in [0.4, 0.5) is 16.2 Å². The summed E-state index contributed by atoms with van der Waals surface area (Å²) in [5.41, 5.74) is 3.79. The molecule has 0 spiro atoms. The molecule has 0 atom stereocenters. The highest BCUT2D eigenvalue weighted by molar-refractivity contribution is 7.98. The van der Waals surface area contributed by atoms with E-state index in [1.165, 1.54) is 0 Å². The number of benzene rings is 2. The summed E-state index contributed by atoms with van der Waals surface area (Å²) in [7, 11) is 0. The Kier molecular flexibility index (Phi) is 4.69. The van der Waals surface area contributed by atoms with Crippen molar-refractivity contribution in [2.75, 3.05) is 16.9 Å². The predicted octanol–water partition coefficient (Wildman–Crippen LogP) is 4.67.